The summed E-state index contributed by atoms with van der Waals surface area (Å²) < 4.78 is 6.77. The molecule has 0 aliphatic carbocycles. The Balaban J connectivity index is 1.44. The van der Waals surface area contributed by atoms with E-state index in [1.807, 2.05) is 0 Å². The first-order chi connectivity index (χ1) is 20.8. The van der Waals surface area contributed by atoms with Gasteiger partial charge in [-0.2, -0.15) is 0 Å². The lowest BCUT2D eigenvalue weighted by molar-refractivity contribution is 0.673. The van der Waals surface area contributed by atoms with E-state index in [0.717, 1.165) is 44.4 Å². The zero-order valence-electron chi connectivity index (χ0n) is 22.8. The third-order valence-electron chi connectivity index (χ3n) is 8.59. The van der Waals surface area contributed by atoms with Crippen LogP contribution in [-0.2, 0) is 0 Å². The Morgan fingerprint density at radius 1 is 0.381 bits per heavy atom. The number of hydrogen-bond acceptors (Lipinski definition) is 2. The Hall–Kier alpha value is -5.60. The fourth-order valence-corrected chi connectivity index (χ4v) is 6.74. The Kier molecular flexibility index (Phi) is 4.93. The van der Waals surface area contributed by atoms with Gasteiger partial charge in [-0.05, 0) is 51.2 Å². The molecule has 196 valence electrons. The van der Waals surface area contributed by atoms with Crippen molar-refractivity contribution in [1.82, 2.24) is 0 Å². The summed E-state index contributed by atoms with van der Waals surface area (Å²) >= 11 is 0. The number of rotatable bonds is 3. The highest BCUT2D eigenvalue weighted by molar-refractivity contribution is 6.26. The third-order valence-corrected chi connectivity index (χ3v) is 8.59. The number of fused-ring (bicyclic) bond motifs is 10. The number of furan rings is 1. The normalized spacial score (nSPS) is 11.8. The lowest BCUT2D eigenvalue weighted by Crippen LogP contribution is -2.11. The SMILES string of the molecule is c1ccc(N(c2cc3ccccc3c3ccccc23)c2cc3oc4c5ccccc5ccc4c3c3ccccc23)cc1. The van der Waals surface area contributed by atoms with Gasteiger partial charge in [0.2, 0.25) is 0 Å². The first-order valence-corrected chi connectivity index (χ1v) is 14.4. The molecule has 0 bridgehead atoms. The fourth-order valence-electron chi connectivity index (χ4n) is 6.74. The van der Waals surface area contributed by atoms with Crippen LogP contribution in [0.2, 0.25) is 0 Å². The molecule has 0 fully saturated rings. The van der Waals surface area contributed by atoms with Crippen molar-refractivity contribution in [3.8, 4) is 0 Å². The van der Waals surface area contributed by atoms with E-state index in [0.29, 0.717) is 0 Å². The molecule has 0 spiro atoms. The average Bonchev–Trinajstić information content (AvgIpc) is 3.45. The summed E-state index contributed by atoms with van der Waals surface area (Å²) in [7, 11) is 0. The van der Waals surface area contributed by atoms with Crippen molar-refractivity contribution in [1.29, 1.82) is 0 Å². The molecule has 1 heterocycles. The highest BCUT2D eigenvalue weighted by Crippen LogP contribution is 2.47. The molecule has 0 N–H and O–H groups in total. The standard InChI is InChI=1S/C40H25NO/c1-2-14-28(15-3-1)41(36-24-27-13-5-6-16-29(27)31-18-8-9-19-32(31)36)37-25-38-39(34-21-11-10-20-33(34)37)35-23-22-26-12-4-7-17-30(26)40(35)42-38/h1-25H. The second kappa shape index (κ2) is 8.95. The molecule has 9 rings (SSSR count). The minimum absolute atomic E-state index is 0.890. The number of hydrogen-bond donors (Lipinski definition) is 0. The number of nitrogens with zero attached hydrogens (tertiary/aromatic N) is 1. The molecule has 1 aromatic heterocycles. The largest absolute Gasteiger partial charge is 0.455 e. The molecule has 8 aromatic carbocycles. The van der Waals surface area contributed by atoms with Crippen LogP contribution in [-0.4, -0.2) is 0 Å². The minimum Gasteiger partial charge on any atom is -0.455 e. The molecule has 0 aliphatic rings. The summed E-state index contributed by atoms with van der Waals surface area (Å²) in [6, 6.07) is 54.3. The van der Waals surface area contributed by atoms with E-state index >= 15 is 0 Å². The number of anilines is 3. The van der Waals surface area contributed by atoms with E-state index in [1.165, 1.54) is 37.7 Å². The maximum absolute atomic E-state index is 6.77. The molecule has 9 aromatic rings. The molecule has 0 unspecified atom stereocenters. The van der Waals surface area contributed by atoms with Crippen LogP contribution < -0.4 is 4.90 Å². The molecule has 42 heavy (non-hydrogen) atoms. The van der Waals surface area contributed by atoms with Crippen molar-refractivity contribution >= 4 is 82.1 Å². The van der Waals surface area contributed by atoms with E-state index in [4.69, 9.17) is 4.42 Å². The van der Waals surface area contributed by atoms with Gasteiger partial charge in [-0.1, -0.05) is 121 Å². The molecule has 0 saturated carbocycles. The topological polar surface area (TPSA) is 16.4 Å². The van der Waals surface area contributed by atoms with Crippen LogP contribution in [0.4, 0.5) is 17.1 Å². The molecule has 0 atom stereocenters. The van der Waals surface area contributed by atoms with E-state index in [9.17, 15) is 0 Å². The van der Waals surface area contributed by atoms with E-state index in [1.54, 1.807) is 0 Å². The van der Waals surface area contributed by atoms with Gasteiger partial charge in [0.1, 0.15) is 11.2 Å². The van der Waals surface area contributed by atoms with Crippen LogP contribution in [0.1, 0.15) is 0 Å². The van der Waals surface area contributed by atoms with Crippen molar-refractivity contribution in [3.05, 3.63) is 152 Å². The molecular weight excluding hydrogens is 510 g/mol. The van der Waals surface area contributed by atoms with Gasteiger partial charge in [-0.3, -0.25) is 0 Å². The number of para-hydroxylation sites is 1. The Labute approximate surface area is 242 Å². The molecule has 0 amide bonds. The van der Waals surface area contributed by atoms with Crippen molar-refractivity contribution < 1.29 is 4.42 Å². The zero-order valence-corrected chi connectivity index (χ0v) is 22.8. The van der Waals surface area contributed by atoms with Crippen LogP contribution in [0, 0.1) is 0 Å². The van der Waals surface area contributed by atoms with Crippen LogP contribution in [0.15, 0.2) is 156 Å². The van der Waals surface area contributed by atoms with Gasteiger partial charge >= 0.3 is 0 Å². The molecular formula is C40H25NO. The summed E-state index contributed by atoms with van der Waals surface area (Å²) in [5.74, 6) is 0. The molecule has 0 saturated heterocycles. The van der Waals surface area contributed by atoms with Gasteiger partial charge in [-0.25, -0.2) is 0 Å². The molecule has 2 nitrogen and oxygen atoms in total. The zero-order chi connectivity index (χ0) is 27.6. The predicted molar refractivity (Wildman–Crippen MR) is 178 cm³/mol. The summed E-state index contributed by atoms with van der Waals surface area (Å²) in [5.41, 5.74) is 5.16. The van der Waals surface area contributed by atoms with Crippen LogP contribution >= 0.6 is 0 Å². The van der Waals surface area contributed by atoms with Crippen LogP contribution in [0.5, 0.6) is 0 Å². The van der Waals surface area contributed by atoms with Crippen LogP contribution in [0.3, 0.4) is 0 Å². The smallest absolute Gasteiger partial charge is 0.143 e. The van der Waals surface area contributed by atoms with Crippen LogP contribution in [0.25, 0.3) is 65.0 Å². The second-order valence-corrected chi connectivity index (χ2v) is 10.9. The Bertz CT molecular complexity index is 2470. The van der Waals surface area contributed by atoms with Crippen molar-refractivity contribution in [2.45, 2.75) is 0 Å². The minimum atomic E-state index is 0.890. The van der Waals surface area contributed by atoms with Crippen molar-refractivity contribution in [2.75, 3.05) is 4.90 Å². The van der Waals surface area contributed by atoms with Crippen molar-refractivity contribution in [2.24, 2.45) is 0 Å². The Morgan fingerprint density at radius 2 is 0.952 bits per heavy atom. The summed E-state index contributed by atoms with van der Waals surface area (Å²) in [6.45, 7) is 0. The molecule has 0 radical (unpaired) electrons. The van der Waals surface area contributed by atoms with Gasteiger partial charge in [0.15, 0.2) is 0 Å². The summed E-state index contributed by atoms with van der Waals surface area (Å²) in [6.07, 6.45) is 0. The maximum Gasteiger partial charge on any atom is 0.143 e. The van der Waals surface area contributed by atoms with E-state index in [-0.39, 0.29) is 0 Å². The molecule has 0 aliphatic heterocycles. The lowest BCUT2D eigenvalue weighted by atomic mass is 9.97. The predicted octanol–water partition coefficient (Wildman–Crippen LogP) is 11.7. The highest BCUT2D eigenvalue weighted by Gasteiger charge is 2.22. The van der Waals surface area contributed by atoms with Gasteiger partial charge < -0.3 is 9.32 Å². The monoisotopic (exact) mass is 535 g/mol. The van der Waals surface area contributed by atoms with Crippen molar-refractivity contribution in [3.63, 3.8) is 0 Å². The van der Waals surface area contributed by atoms with Gasteiger partial charge in [0.25, 0.3) is 0 Å². The second-order valence-electron chi connectivity index (χ2n) is 10.9. The summed E-state index contributed by atoms with van der Waals surface area (Å²) in [4.78, 5) is 2.40. The quantitative estimate of drug-likeness (QED) is 0.209. The maximum atomic E-state index is 6.77. The average molecular weight is 536 g/mol. The van der Waals surface area contributed by atoms with Gasteiger partial charge in [0, 0.05) is 38.7 Å². The fraction of sp³-hybridized carbons (Fsp3) is 0. The van der Waals surface area contributed by atoms with Gasteiger partial charge in [0.05, 0.1) is 11.4 Å². The van der Waals surface area contributed by atoms with E-state index in [2.05, 4.69) is 157 Å². The Morgan fingerprint density at radius 3 is 1.74 bits per heavy atom. The number of benzene rings is 8. The lowest BCUT2D eigenvalue weighted by Gasteiger charge is -2.28. The van der Waals surface area contributed by atoms with E-state index < -0.39 is 0 Å². The first kappa shape index (κ1) is 23.1. The highest BCUT2D eigenvalue weighted by atomic mass is 16.3. The third kappa shape index (κ3) is 3.33. The first-order valence-electron chi connectivity index (χ1n) is 14.4. The summed E-state index contributed by atoms with van der Waals surface area (Å²) in [5, 5.41) is 11.9. The molecule has 2 heteroatoms. The van der Waals surface area contributed by atoms with Gasteiger partial charge in [-0.15, -0.1) is 0 Å².